The van der Waals surface area contributed by atoms with E-state index in [0.29, 0.717) is 17.7 Å². The van der Waals surface area contributed by atoms with Crippen molar-refractivity contribution >= 4 is 11.8 Å². The van der Waals surface area contributed by atoms with E-state index in [9.17, 15) is 4.79 Å². The van der Waals surface area contributed by atoms with Crippen molar-refractivity contribution in [2.45, 2.75) is 38.6 Å². The van der Waals surface area contributed by atoms with Crippen LogP contribution in [0.1, 0.15) is 31.2 Å². The minimum absolute atomic E-state index is 0.127. The van der Waals surface area contributed by atoms with Gasteiger partial charge in [-0.1, -0.05) is 6.42 Å². The van der Waals surface area contributed by atoms with Gasteiger partial charge in [-0.2, -0.15) is 9.78 Å². The van der Waals surface area contributed by atoms with E-state index in [4.69, 9.17) is 0 Å². The van der Waals surface area contributed by atoms with Crippen molar-refractivity contribution in [1.82, 2.24) is 24.6 Å². The Hall–Kier alpha value is -2.41. The predicted molar refractivity (Wildman–Crippen MR) is 103 cm³/mol. The van der Waals surface area contributed by atoms with Crippen molar-refractivity contribution in [2.75, 3.05) is 32.5 Å². The molecule has 1 saturated heterocycles. The van der Waals surface area contributed by atoms with E-state index in [-0.39, 0.29) is 6.03 Å². The molecule has 2 amide bonds. The maximum Gasteiger partial charge on any atom is 0.322 e. The fraction of sp³-hybridized carbons (Fsp3) is 0.526. The van der Waals surface area contributed by atoms with Crippen LogP contribution in [0.25, 0.3) is 5.82 Å². The Morgan fingerprint density at radius 3 is 2.96 bits per heavy atom. The molecule has 3 heterocycles. The Kier molecular flexibility index (Phi) is 5.88. The number of amides is 2. The average molecular weight is 356 g/mol. The summed E-state index contributed by atoms with van der Waals surface area (Å²) in [6, 6.07) is 6.09. The Labute approximate surface area is 155 Å². The summed E-state index contributed by atoms with van der Waals surface area (Å²) < 4.78 is 1.65. The van der Waals surface area contributed by atoms with Crippen molar-refractivity contribution in [1.29, 1.82) is 0 Å². The summed E-state index contributed by atoms with van der Waals surface area (Å²) in [5.74, 6) is 1.31. The van der Waals surface area contributed by atoms with E-state index < -0.39 is 0 Å². The molecule has 26 heavy (non-hydrogen) atoms. The van der Waals surface area contributed by atoms with E-state index in [0.717, 1.165) is 25.1 Å². The zero-order chi connectivity index (χ0) is 18.5. The Bertz CT molecular complexity index is 743. The topological polar surface area (TPSA) is 66.3 Å². The highest BCUT2D eigenvalue weighted by atomic mass is 16.2. The molecular weight excluding hydrogens is 328 g/mol. The highest BCUT2D eigenvalue weighted by Crippen LogP contribution is 2.18. The van der Waals surface area contributed by atoms with Gasteiger partial charge in [-0.15, -0.1) is 0 Å². The summed E-state index contributed by atoms with van der Waals surface area (Å²) in [4.78, 5) is 21.0. The number of pyridine rings is 1. The molecule has 0 aromatic carbocycles. The first-order valence-corrected chi connectivity index (χ1v) is 9.24. The first-order valence-electron chi connectivity index (χ1n) is 9.24. The van der Waals surface area contributed by atoms with Crippen LogP contribution in [-0.4, -0.2) is 63.8 Å². The molecule has 140 valence electrons. The van der Waals surface area contributed by atoms with Gasteiger partial charge in [0.25, 0.3) is 0 Å². The summed E-state index contributed by atoms with van der Waals surface area (Å²) in [5.41, 5.74) is 1.09. The van der Waals surface area contributed by atoms with Crippen LogP contribution in [-0.2, 0) is 0 Å². The molecule has 7 heteroatoms. The molecule has 1 unspecified atom stereocenters. The van der Waals surface area contributed by atoms with Gasteiger partial charge in [0.2, 0.25) is 0 Å². The van der Waals surface area contributed by atoms with E-state index >= 15 is 0 Å². The Morgan fingerprint density at radius 2 is 2.19 bits per heavy atom. The van der Waals surface area contributed by atoms with Crippen molar-refractivity contribution in [3.8, 4) is 5.82 Å². The molecule has 2 aromatic heterocycles. The molecule has 1 fully saturated rings. The lowest BCUT2D eigenvalue weighted by atomic mass is 10.00. The van der Waals surface area contributed by atoms with E-state index in [1.807, 2.05) is 26.1 Å². The van der Waals surface area contributed by atoms with E-state index in [2.05, 4.69) is 27.3 Å². The van der Waals surface area contributed by atoms with Gasteiger partial charge in [0, 0.05) is 31.9 Å². The molecule has 0 saturated carbocycles. The van der Waals surface area contributed by atoms with Crippen molar-refractivity contribution in [3.63, 3.8) is 0 Å². The molecule has 0 radical (unpaired) electrons. The molecule has 1 N–H and O–H groups in total. The average Bonchev–Trinajstić information content (AvgIpc) is 3.09. The molecular formula is C19H28N6O. The van der Waals surface area contributed by atoms with Gasteiger partial charge in [0.05, 0.1) is 6.20 Å². The van der Waals surface area contributed by atoms with Gasteiger partial charge < -0.3 is 9.80 Å². The number of nitrogens with one attached hydrogen (secondary N) is 1. The van der Waals surface area contributed by atoms with E-state index in [1.54, 1.807) is 28.0 Å². The Morgan fingerprint density at radius 1 is 1.35 bits per heavy atom. The summed E-state index contributed by atoms with van der Waals surface area (Å²) in [6.45, 7) is 3.89. The number of hydrogen-bond acceptors (Lipinski definition) is 4. The molecule has 3 rings (SSSR count). The maximum absolute atomic E-state index is 12.6. The van der Waals surface area contributed by atoms with E-state index in [1.165, 1.54) is 19.3 Å². The second-order valence-corrected chi connectivity index (χ2v) is 7.09. The fourth-order valence-electron chi connectivity index (χ4n) is 3.37. The number of carbonyl (C=O) groups is 1. The molecule has 0 bridgehead atoms. The van der Waals surface area contributed by atoms with Gasteiger partial charge in [-0.05, 0) is 57.5 Å². The third-order valence-corrected chi connectivity index (χ3v) is 5.06. The standard InChI is InChI=1S/C19H28N6O/c1-15-7-10-20-18(14-15)25-17(8-11-21-25)22-19(26)24(3)13-9-16-6-4-5-12-23(16)2/h7-8,10-11,14,16H,4-6,9,12-13H2,1-3H3,(H,22,26). The van der Waals surface area contributed by atoms with Gasteiger partial charge in [0.15, 0.2) is 5.82 Å². The first-order chi connectivity index (χ1) is 12.5. The first kappa shape index (κ1) is 18.4. The second-order valence-electron chi connectivity index (χ2n) is 7.09. The monoisotopic (exact) mass is 356 g/mol. The zero-order valence-corrected chi connectivity index (χ0v) is 15.9. The van der Waals surface area contributed by atoms with Crippen LogP contribution < -0.4 is 5.32 Å². The van der Waals surface area contributed by atoms with Gasteiger partial charge in [-0.25, -0.2) is 9.78 Å². The van der Waals surface area contributed by atoms with Gasteiger partial charge >= 0.3 is 6.03 Å². The maximum atomic E-state index is 12.6. The number of hydrogen-bond donors (Lipinski definition) is 1. The molecule has 2 aromatic rings. The number of urea groups is 1. The smallest absolute Gasteiger partial charge is 0.322 e. The lowest BCUT2D eigenvalue weighted by molar-refractivity contribution is 0.162. The molecule has 0 aliphatic carbocycles. The molecule has 1 aliphatic rings. The van der Waals surface area contributed by atoms with Crippen LogP contribution in [0.5, 0.6) is 0 Å². The van der Waals surface area contributed by atoms with Gasteiger partial charge in [0.1, 0.15) is 5.82 Å². The third kappa shape index (κ3) is 4.40. The van der Waals surface area contributed by atoms with Crippen molar-refractivity contribution < 1.29 is 4.79 Å². The highest BCUT2D eigenvalue weighted by molar-refractivity contribution is 5.88. The second kappa shape index (κ2) is 8.31. The van der Waals surface area contributed by atoms with Crippen molar-refractivity contribution in [2.24, 2.45) is 0 Å². The fourth-order valence-corrected chi connectivity index (χ4v) is 3.37. The largest absolute Gasteiger partial charge is 0.327 e. The predicted octanol–water partition coefficient (Wildman–Crippen LogP) is 2.91. The SMILES string of the molecule is Cc1ccnc(-n2nccc2NC(=O)N(C)CCC2CCCCN2C)c1. The number of aromatic nitrogens is 3. The van der Waals surface area contributed by atoms with Gasteiger partial charge in [-0.3, -0.25) is 5.32 Å². The van der Waals surface area contributed by atoms with Crippen LogP contribution in [0.4, 0.5) is 10.6 Å². The number of aryl methyl sites for hydroxylation is 1. The highest BCUT2D eigenvalue weighted by Gasteiger charge is 2.20. The van der Waals surface area contributed by atoms with Crippen LogP contribution in [0.2, 0.25) is 0 Å². The van der Waals surface area contributed by atoms with Crippen molar-refractivity contribution in [3.05, 3.63) is 36.2 Å². The minimum Gasteiger partial charge on any atom is -0.327 e. The normalized spacial score (nSPS) is 17.9. The lowest BCUT2D eigenvalue weighted by Gasteiger charge is -2.33. The molecule has 0 spiro atoms. The van der Waals surface area contributed by atoms with Crippen LogP contribution in [0.3, 0.4) is 0 Å². The number of rotatable bonds is 5. The van der Waals surface area contributed by atoms with Crippen LogP contribution in [0, 0.1) is 6.92 Å². The number of nitrogens with zero attached hydrogens (tertiary/aromatic N) is 5. The third-order valence-electron chi connectivity index (χ3n) is 5.06. The molecule has 7 nitrogen and oxygen atoms in total. The lowest BCUT2D eigenvalue weighted by Crippen LogP contribution is -2.40. The molecule has 1 aliphatic heterocycles. The Balaban J connectivity index is 1.59. The summed E-state index contributed by atoms with van der Waals surface area (Å²) >= 11 is 0. The summed E-state index contributed by atoms with van der Waals surface area (Å²) in [5, 5.41) is 7.22. The zero-order valence-electron chi connectivity index (χ0n) is 15.9. The quantitative estimate of drug-likeness (QED) is 0.894. The molecule has 1 atom stereocenters. The number of anilines is 1. The van der Waals surface area contributed by atoms with Crippen LogP contribution in [0.15, 0.2) is 30.6 Å². The summed E-state index contributed by atoms with van der Waals surface area (Å²) in [7, 11) is 4.01. The minimum atomic E-state index is -0.127. The number of piperidine rings is 1. The van der Waals surface area contributed by atoms with Crippen LogP contribution >= 0.6 is 0 Å². The number of carbonyl (C=O) groups excluding carboxylic acids is 1. The summed E-state index contributed by atoms with van der Waals surface area (Å²) in [6.07, 6.45) is 8.19. The number of likely N-dealkylation sites (tertiary alicyclic amines) is 1.